The molecule has 0 amide bonds. The smallest absolute Gasteiger partial charge is 0.150 e. The van der Waals surface area contributed by atoms with Crippen molar-refractivity contribution in [3.8, 4) is 17.6 Å². The topological polar surface area (TPSA) is 46.5 Å². The van der Waals surface area contributed by atoms with Crippen LogP contribution in [0.3, 0.4) is 0 Å². The summed E-state index contributed by atoms with van der Waals surface area (Å²) < 4.78 is 5.44. The van der Waals surface area contributed by atoms with Crippen molar-refractivity contribution in [3.63, 3.8) is 0 Å². The van der Waals surface area contributed by atoms with Crippen molar-refractivity contribution in [2.24, 2.45) is 0 Å². The number of hydrogen-bond donors (Lipinski definition) is 1. The minimum atomic E-state index is -0.717. The van der Waals surface area contributed by atoms with Gasteiger partial charge in [-0.05, 0) is 19.1 Å². The van der Waals surface area contributed by atoms with E-state index in [1.807, 2.05) is 24.3 Å². The third-order valence-electron chi connectivity index (χ3n) is 2.41. The van der Waals surface area contributed by atoms with E-state index in [0.29, 0.717) is 16.9 Å². The second-order valence-corrected chi connectivity index (χ2v) is 3.75. The fraction of sp³-hybridized carbons (Fsp3) is 0.214. The van der Waals surface area contributed by atoms with E-state index in [1.54, 1.807) is 6.92 Å². The Balaban J connectivity index is 2.53. The predicted molar refractivity (Wildman–Crippen MR) is 64.4 cm³/mol. The predicted octanol–water partition coefficient (Wildman–Crippen LogP) is 1.42. The molecular weight excluding hydrogens is 216 g/mol. The quantitative estimate of drug-likeness (QED) is 0.584. The summed E-state index contributed by atoms with van der Waals surface area (Å²) in [6.07, 6.45) is 0.0348. The van der Waals surface area contributed by atoms with Gasteiger partial charge in [0.05, 0.1) is 0 Å². The number of allylic oxidation sites excluding steroid dienone is 1. The molecule has 1 unspecified atom stereocenters. The molecule has 0 saturated heterocycles. The second-order valence-electron chi connectivity index (χ2n) is 3.75. The lowest BCUT2D eigenvalue weighted by molar-refractivity contribution is -0.105. The molecule has 0 radical (unpaired) electrons. The zero-order chi connectivity index (χ0) is 12.3. The average Bonchev–Trinajstić information content (AvgIpc) is 2.35. The molecule has 3 nitrogen and oxygen atoms in total. The van der Waals surface area contributed by atoms with Gasteiger partial charge in [-0.1, -0.05) is 24.0 Å². The standard InChI is InChI=1S/C14H12O3/c1-10(16)6-7-12-11(8-15)9-17-14-5-3-2-4-13(12)14/h2-5,8,10,16H,9H2,1H3. The van der Waals surface area contributed by atoms with Crippen LogP contribution in [0.25, 0.3) is 5.57 Å². The van der Waals surface area contributed by atoms with Crippen molar-refractivity contribution in [1.29, 1.82) is 0 Å². The first-order chi connectivity index (χ1) is 8.22. The summed E-state index contributed by atoms with van der Waals surface area (Å²) >= 11 is 0. The van der Waals surface area contributed by atoms with E-state index < -0.39 is 6.10 Å². The SMILES string of the molecule is CC(O)C#CC1=C(C=O)COc2ccccc21. The molecule has 0 aliphatic carbocycles. The van der Waals surface area contributed by atoms with E-state index in [9.17, 15) is 9.90 Å². The summed E-state index contributed by atoms with van der Waals surface area (Å²) in [5, 5.41) is 9.17. The molecule has 0 aromatic heterocycles. The lowest BCUT2D eigenvalue weighted by Crippen LogP contribution is -2.11. The van der Waals surface area contributed by atoms with Crippen molar-refractivity contribution in [2.75, 3.05) is 6.61 Å². The van der Waals surface area contributed by atoms with E-state index in [1.165, 1.54) is 0 Å². The normalized spacial score (nSPS) is 15.2. The van der Waals surface area contributed by atoms with Crippen molar-refractivity contribution in [1.82, 2.24) is 0 Å². The molecule has 1 N–H and O–H groups in total. The highest BCUT2D eigenvalue weighted by Gasteiger charge is 2.17. The zero-order valence-corrected chi connectivity index (χ0v) is 9.43. The second kappa shape index (κ2) is 4.86. The van der Waals surface area contributed by atoms with E-state index >= 15 is 0 Å². The van der Waals surface area contributed by atoms with Crippen LogP contribution in [0, 0.1) is 11.8 Å². The van der Waals surface area contributed by atoms with Crippen molar-refractivity contribution in [3.05, 3.63) is 35.4 Å². The highest BCUT2D eigenvalue weighted by atomic mass is 16.5. The Morgan fingerprint density at radius 1 is 1.47 bits per heavy atom. The number of aliphatic hydroxyl groups is 1. The Morgan fingerprint density at radius 3 is 2.94 bits per heavy atom. The van der Waals surface area contributed by atoms with Crippen LogP contribution < -0.4 is 4.74 Å². The van der Waals surface area contributed by atoms with Crippen LogP contribution >= 0.6 is 0 Å². The molecule has 0 saturated carbocycles. The number of ether oxygens (including phenoxy) is 1. The maximum atomic E-state index is 11.0. The minimum Gasteiger partial charge on any atom is -0.488 e. The van der Waals surface area contributed by atoms with Gasteiger partial charge >= 0.3 is 0 Å². The molecule has 86 valence electrons. The van der Waals surface area contributed by atoms with Gasteiger partial charge in [0.2, 0.25) is 0 Å². The summed E-state index contributed by atoms with van der Waals surface area (Å²) in [5.41, 5.74) is 1.95. The van der Waals surface area contributed by atoms with Crippen molar-refractivity contribution < 1.29 is 14.6 Å². The van der Waals surface area contributed by atoms with Gasteiger partial charge in [0.25, 0.3) is 0 Å². The Kier molecular flexibility index (Phi) is 3.27. The molecule has 0 spiro atoms. The number of para-hydroxylation sites is 1. The van der Waals surface area contributed by atoms with Gasteiger partial charge in [0.1, 0.15) is 18.5 Å². The number of aliphatic hydroxyl groups excluding tert-OH is 1. The first-order valence-electron chi connectivity index (χ1n) is 5.32. The molecule has 0 bridgehead atoms. The minimum absolute atomic E-state index is 0.227. The molecule has 1 aliphatic heterocycles. The monoisotopic (exact) mass is 228 g/mol. The highest BCUT2D eigenvalue weighted by molar-refractivity contribution is 5.97. The molecule has 17 heavy (non-hydrogen) atoms. The molecule has 1 aromatic rings. The maximum absolute atomic E-state index is 11.0. The third-order valence-corrected chi connectivity index (χ3v) is 2.41. The number of hydrogen-bond acceptors (Lipinski definition) is 3. The zero-order valence-electron chi connectivity index (χ0n) is 9.43. The van der Waals surface area contributed by atoms with Crippen LogP contribution in [0.15, 0.2) is 29.8 Å². The summed E-state index contributed by atoms with van der Waals surface area (Å²) in [5.74, 6) is 6.22. The van der Waals surface area contributed by atoms with Gasteiger partial charge in [0.15, 0.2) is 6.29 Å². The van der Waals surface area contributed by atoms with Crippen LogP contribution in [-0.4, -0.2) is 24.1 Å². The molecule has 3 heteroatoms. The van der Waals surface area contributed by atoms with Gasteiger partial charge in [-0.25, -0.2) is 0 Å². The van der Waals surface area contributed by atoms with Gasteiger partial charge in [-0.2, -0.15) is 0 Å². The van der Waals surface area contributed by atoms with Gasteiger partial charge in [-0.15, -0.1) is 0 Å². The Morgan fingerprint density at radius 2 is 2.24 bits per heavy atom. The molecule has 1 aromatic carbocycles. The van der Waals surface area contributed by atoms with Crippen molar-refractivity contribution in [2.45, 2.75) is 13.0 Å². The molecule has 0 fully saturated rings. The molecular formula is C14H12O3. The molecule has 1 aliphatic rings. The van der Waals surface area contributed by atoms with Gasteiger partial charge < -0.3 is 9.84 Å². The first kappa shape index (κ1) is 11.4. The summed E-state index contributed by atoms with van der Waals surface area (Å²) in [7, 11) is 0. The van der Waals surface area contributed by atoms with Crippen molar-refractivity contribution >= 4 is 11.9 Å². The fourth-order valence-electron chi connectivity index (χ4n) is 1.62. The van der Waals surface area contributed by atoms with E-state index in [-0.39, 0.29) is 6.61 Å². The van der Waals surface area contributed by atoms with Gasteiger partial charge in [-0.3, -0.25) is 4.79 Å². The molecule has 1 heterocycles. The Hall–Kier alpha value is -2.05. The molecule has 2 rings (SSSR count). The maximum Gasteiger partial charge on any atom is 0.150 e. The van der Waals surface area contributed by atoms with Crippen LogP contribution in [-0.2, 0) is 4.79 Å². The lowest BCUT2D eigenvalue weighted by atomic mass is 9.98. The Bertz CT molecular complexity index is 530. The first-order valence-corrected chi connectivity index (χ1v) is 5.32. The molecule has 1 atom stereocenters. The number of rotatable bonds is 1. The highest BCUT2D eigenvalue weighted by Crippen LogP contribution is 2.31. The number of fused-ring (bicyclic) bond motifs is 1. The average molecular weight is 228 g/mol. The summed E-state index contributed by atoms with van der Waals surface area (Å²) in [6.45, 7) is 1.81. The van der Waals surface area contributed by atoms with Gasteiger partial charge in [0, 0.05) is 16.7 Å². The fourth-order valence-corrected chi connectivity index (χ4v) is 1.62. The van der Waals surface area contributed by atoms with Crippen LogP contribution in [0.1, 0.15) is 12.5 Å². The Labute approximate surface area is 99.7 Å². The van der Waals surface area contributed by atoms with Crippen LogP contribution in [0.5, 0.6) is 5.75 Å². The lowest BCUT2D eigenvalue weighted by Gasteiger charge is -2.18. The van der Waals surface area contributed by atoms with E-state index in [4.69, 9.17) is 4.74 Å². The number of aldehydes is 1. The number of benzene rings is 1. The largest absolute Gasteiger partial charge is 0.488 e. The van der Waals surface area contributed by atoms with E-state index in [2.05, 4.69) is 11.8 Å². The van der Waals surface area contributed by atoms with Crippen LogP contribution in [0.4, 0.5) is 0 Å². The summed E-state index contributed by atoms with van der Waals surface area (Å²) in [4.78, 5) is 11.0. The van der Waals surface area contributed by atoms with E-state index in [0.717, 1.165) is 11.8 Å². The number of carbonyl (C=O) groups is 1. The third kappa shape index (κ3) is 2.38. The van der Waals surface area contributed by atoms with Crippen LogP contribution in [0.2, 0.25) is 0 Å². The number of carbonyl (C=O) groups excluding carboxylic acids is 1. The summed E-state index contributed by atoms with van der Waals surface area (Å²) in [6, 6.07) is 7.41.